The maximum atomic E-state index is 3.73. The van der Waals surface area contributed by atoms with Crippen molar-refractivity contribution in [1.29, 1.82) is 0 Å². The highest BCUT2D eigenvalue weighted by atomic mass is 14.0. The monoisotopic (exact) mass is 166 g/mol. The van der Waals surface area contributed by atoms with E-state index in [1.165, 1.54) is 12.8 Å². The van der Waals surface area contributed by atoms with E-state index in [4.69, 9.17) is 0 Å². The summed E-state index contributed by atoms with van der Waals surface area (Å²) < 4.78 is 0. The van der Waals surface area contributed by atoms with Gasteiger partial charge < -0.3 is 0 Å². The summed E-state index contributed by atoms with van der Waals surface area (Å²) in [6.45, 7) is 10.5. The van der Waals surface area contributed by atoms with Gasteiger partial charge in [0.05, 0.1) is 0 Å². The fraction of sp³-hybridized carbons (Fsp3) is 0.667. The lowest BCUT2D eigenvalue weighted by Gasteiger charge is -2.03. The Kier molecular flexibility index (Phi) is 6.84. The highest BCUT2D eigenvalue weighted by Crippen LogP contribution is 2.09. The molecule has 0 rings (SSSR count). The summed E-state index contributed by atoms with van der Waals surface area (Å²) >= 11 is 0. The van der Waals surface area contributed by atoms with Gasteiger partial charge in [-0.3, -0.25) is 0 Å². The number of rotatable bonds is 6. The molecule has 0 heterocycles. The molecule has 0 aromatic heterocycles. The molecular formula is C12H22. The van der Waals surface area contributed by atoms with Crippen LogP contribution >= 0.6 is 0 Å². The molecule has 0 nitrogen and oxygen atoms in total. The molecule has 0 spiro atoms. The van der Waals surface area contributed by atoms with Crippen LogP contribution in [0.4, 0.5) is 0 Å². The van der Waals surface area contributed by atoms with E-state index in [1.54, 1.807) is 0 Å². The van der Waals surface area contributed by atoms with Gasteiger partial charge in [0.25, 0.3) is 0 Å². The zero-order chi connectivity index (χ0) is 9.40. The predicted molar refractivity (Wildman–Crippen MR) is 57.2 cm³/mol. The lowest BCUT2D eigenvalue weighted by molar-refractivity contribution is 0.599. The minimum Gasteiger partial charge on any atom is -0.103 e. The average Bonchev–Trinajstić information content (AvgIpc) is 1.98. The van der Waals surface area contributed by atoms with Gasteiger partial charge in [0.15, 0.2) is 0 Å². The van der Waals surface area contributed by atoms with Crippen LogP contribution in [0.15, 0.2) is 24.8 Å². The second-order valence-corrected chi connectivity index (χ2v) is 3.97. The maximum absolute atomic E-state index is 3.73. The fourth-order valence-corrected chi connectivity index (χ4v) is 1.08. The van der Waals surface area contributed by atoms with E-state index in [2.05, 4.69) is 39.5 Å². The first-order valence-electron chi connectivity index (χ1n) is 4.92. The maximum Gasteiger partial charge on any atom is -0.0322 e. The minimum atomic E-state index is 0.755. The first kappa shape index (κ1) is 11.5. The lowest BCUT2D eigenvalue weighted by Crippen LogP contribution is -1.89. The number of hydrogen-bond donors (Lipinski definition) is 0. The highest BCUT2D eigenvalue weighted by Gasteiger charge is 1.94. The quantitative estimate of drug-likeness (QED) is 0.519. The Morgan fingerprint density at radius 3 is 2.08 bits per heavy atom. The topological polar surface area (TPSA) is 0 Å². The second kappa shape index (κ2) is 7.15. The van der Waals surface area contributed by atoms with Gasteiger partial charge in [0, 0.05) is 0 Å². The van der Waals surface area contributed by atoms with Crippen molar-refractivity contribution in [3.05, 3.63) is 24.8 Å². The second-order valence-electron chi connectivity index (χ2n) is 3.97. The molecule has 0 aliphatic carbocycles. The molecule has 0 saturated heterocycles. The zero-order valence-corrected chi connectivity index (χ0v) is 8.72. The van der Waals surface area contributed by atoms with Crippen LogP contribution < -0.4 is 0 Å². The van der Waals surface area contributed by atoms with Crippen molar-refractivity contribution >= 4 is 0 Å². The third-order valence-corrected chi connectivity index (χ3v) is 1.88. The van der Waals surface area contributed by atoms with Crippen molar-refractivity contribution in [3.63, 3.8) is 0 Å². The molecule has 0 bridgehead atoms. The Labute approximate surface area is 77.4 Å². The third kappa shape index (κ3) is 7.59. The van der Waals surface area contributed by atoms with Crippen molar-refractivity contribution in [2.45, 2.75) is 40.0 Å². The zero-order valence-electron chi connectivity index (χ0n) is 8.72. The Morgan fingerprint density at radius 2 is 1.58 bits per heavy atom. The molecule has 0 amide bonds. The van der Waals surface area contributed by atoms with Crippen LogP contribution in [0.1, 0.15) is 40.0 Å². The van der Waals surface area contributed by atoms with Gasteiger partial charge in [-0.2, -0.15) is 0 Å². The Balaban J connectivity index is 3.39. The van der Waals surface area contributed by atoms with Gasteiger partial charge in [-0.15, -0.1) is 6.58 Å². The molecule has 0 aliphatic rings. The summed E-state index contributed by atoms with van der Waals surface area (Å²) in [5, 5.41) is 0. The van der Waals surface area contributed by atoms with Gasteiger partial charge in [-0.25, -0.2) is 0 Å². The average molecular weight is 166 g/mol. The van der Waals surface area contributed by atoms with Crippen molar-refractivity contribution in [2.24, 2.45) is 11.8 Å². The summed E-state index contributed by atoms with van der Waals surface area (Å²) in [5.41, 5.74) is 0. The molecule has 12 heavy (non-hydrogen) atoms. The van der Waals surface area contributed by atoms with Crippen molar-refractivity contribution in [2.75, 3.05) is 0 Å². The predicted octanol–water partition coefficient (Wildman–Crippen LogP) is 4.19. The normalized spacial score (nSPS) is 14.0. The molecule has 0 radical (unpaired) electrons. The van der Waals surface area contributed by atoms with E-state index in [9.17, 15) is 0 Å². The number of hydrogen-bond acceptors (Lipinski definition) is 0. The third-order valence-electron chi connectivity index (χ3n) is 1.88. The standard InChI is InChI=1S/C12H22/c1-5-8-12(4)10-7-6-9-11(2)3/h5-7,11-12H,1,8-10H2,2-4H3. The Hall–Kier alpha value is -0.520. The van der Waals surface area contributed by atoms with Crippen LogP contribution in [-0.4, -0.2) is 0 Å². The highest BCUT2D eigenvalue weighted by molar-refractivity contribution is 4.85. The van der Waals surface area contributed by atoms with Crippen molar-refractivity contribution < 1.29 is 0 Å². The molecule has 1 unspecified atom stereocenters. The Morgan fingerprint density at radius 1 is 1.00 bits per heavy atom. The van der Waals surface area contributed by atoms with Gasteiger partial charge in [-0.05, 0) is 31.1 Å². The van der Waals surface area contributed by atoms with Crippen LogP contribution in [0.5, 0.6) is 0 Å². The van der Waals surface area contributed by atoms with E-state index in [1.807, 2.05) is 6.08 Å². The van der Waals surface area contributed by atoms with E-state index < -0.39 is 0 Å². The smallest absolute Gasteiger partial charge is 0.0322 e. The molecule has 0 aromatic rings. The van der Waals surface area contributed by atoms with Crippen molar-refractivity contribution in [3.8, 4) is 0 Å². The largest absolute Gasteiger partial charge is 0.103 e. The van der Waals surface area contributed by atoms with E-state index in [0.717, 1.165) is 18.3 Å². The molecular weight excluding hydrogens is 144 g/mol. The summed E-state index contributed by atoms with van der Waals surface area (Å²) in [6.07, 6.45) is 10.1. The summed E-state index contributed by atoms with van der Waals surface area (Å²) in [6, 6.07) is 0. The molecule has 0 aliphatic heterocycles. The van der Waals surface area contributed by atoms with Gasteiger partial charge in [0.1, 0.15) is 0 Å². The minimum absolute atomic E-state index is 0.755. The van der Waals surface area contributed by atoms with E-state index >= 15 is 0 Å². The SMILES string of the molecule is C=CCC(C)CC=CCC(C)C. The van der Waals surface area contributed by atoms with Crippen molar-refractivity contribution in [1.82, 2.24) is 0 Å². The summed E-state index contributed by atoms with van der Waals surface area (Å²) in [7, 11) is 0. The summed E-state index contributed by atoms with van der Waals surface area (Å²) in [5.74, 6) is 1.54. The van der Waals surface area contributed by atoms with Crippen LogP contribution in [0.3, 0.4) is 0 Å². The number of allylic oxidation sites excluding steroid dienone is 3. The molecule has 0 N–H and O–H groups in total. The summed E-state index contributed by atoms with van der Waals surface area (Å²) in [4.78, 5) is 0. The van der Waals surface area contributed by atoms with Crippen LogP contribution in [0.25, 0.3) is 0 Å². The van der Waals surface area contributed by atoms with Gasteiger partial charge in [-0.1, -0.05) is 39.0 Å². The first-order chi connectivity index (χ1) is 5.66. The van der Waals surface area contributed by atoms with Gasteiger partial charge in [0.2, 0.25) is 0 Å². The van der Waals surface area contributed by atoms with E-state index in [-0.39, 0.29) is 0 Å². The molecule has 0 fully saturated rings. The van der Waals surface area contributed by atoms with E-state index in [0.29, 0.717) is 0 Å². The van der Waals surface area contributed by atoms with Gasteiger partial charge >= 0.3 is 0 Å². The molecule has 0 heteroatoms. The molecule has 70 valence electrons. The Bertz CT molecular complexity index is 131. The van der Waals surface area contributed by atoms with Crippen LogP contribution in [0, 0.1) is 11.8 Å². The molecule has 0 aromatic carbocycles. The first-order valence-corrected chi connectivity index (χ1v) is 4.92. The van der Waals surface area contributed by atoms with Crippen LogP contribution in [0.2, 0.25) is 0 Å². The lowest BCUT2D eigenvalue weighted by atomic mass is 10.0. The van der Waals surface area contributed by atoms with Crippen LogP contribution in [-0.2, 0) is 0 Å². The molecule has 0 saturated carbocycles. The molecule has 1 atom stereocenters. The fourth-order valence-electron chi connectivity index (χ4n) is 1.08.